The molecule has 0 fully saturated rings. The van der Waals surface area contributed by atoms with Crippen molar-refractivity contribution in [3.05, 3.63) is 54.1 Å². The van der Waals surface area contributed by atoms with Gasteiger partial charge in [0.05, 0.1) is 4.90 Å². The molecule has 106 valence electrons. The Morgan fingerprint density at radius 1 is 1.05 bits per heavy atom. The van der Waals surface area contributed by atoms with Crippen LogP contribution in [0.15, 0.2) is 53.4 Å². The number of phenolic OH excluding ortho intramolecular Hbond substituents is 1. The molecule has 0 bridgehead atoms. The minimum Gasteiger partial charge on any atom is -0.508 e. The molecule has 2 N–H and O–H groups in total. The molecule has 0 amide bonds. The number of phenols is 1. The van der Waals surface area contributed by atoms with Crippen LogP contribution in [0, 0.1) is 0 Å². The van der Waals surface area contributed by atoms with Crippen LogP contribution in [0.4, 0.5) is 5.69 Å². The molecule has 2 rings (SSSR count). The van der Waals surface area contributed by atoms with Gasteiger partial charge in [-0.1, -0.05) is 26.0 Å². The average Bonchev–Trinajstić information content (AvgIpc) is 2.39. The van der Waals surface area contributed by atoms with E-state index in [9.17, 15) is 13.5 Å². The predicted molar refractivity (Wildman–Crippen MR) is 79.4 cm³/mol. The molecule has 2 aromatic rings. The normalized spacial score (nSPS) is 11.6. The Kier molecular flexibility index (Phi) is 3.99. The van der Waals surface area contributed by atoms with Crippen LogP contribution < -0.4 is 4.72 Å². The van der Waals surface area contributed by atoms with Gasteiger partial charge in [-0.3, -0.25) is 4.72 Å². The van der Waals surface area contributed by atoms with Crippen LogP contribution >= 0.6 is 0 Å². The lowest BCUT2D eigenvalue weighted by molar-refractivity contribution is 0.475. The van der Waals surface area contributed by atoms with Crippen molar-refractivity contribution in [1.29, 1.82) is 0 Å². The van der Waals surface area contributed by atoms with Crippen LogP contribution in [0.1, 0.15) is 25.3 Å². The van der Waals surface area contributed by atoms with Gasteiger partial charge in [-0.15, -0.1) is 0 Å². The van der Waals surface area contributed by atoms with E-state index in [2.05, 4.69) is 4.72 Å². The van der Waals surface area contributed by atoms with Gasteiger partial charge >= 0.3 is 0 Å². The largest absolute Gasteiger partial charge is 0.508 e. The summed E-state index contributed by atoms with van der Waals surface area (Å²) < 4.78 is 26.9. The smallest absolute Gasteiger partial charge is 0.261 e. The Hall–Kier alpha value is -2.01. The number of benzene rings is 2. The Morgan fingerprint density at radius 3 is 2.30 bits per heavy atom. The third-order valence-electron chi connectivity index (χ3n) is 2.95. The van der Waals surface area contributed by atoms with E-state index in [0.717, 1.165) is 5.56 Å². The van der Waals surface area contributed by atoms with Crippen molar-refractivity contribution in [3.8, 4) is 5.75 Å². The van der Waals surface area contributed by atoms with E-state index in [-0.39, 0.29) is 10.6 Å². The number of hydrogen-bond donors (Lipinski definition) is 2. The summed E-state index contributed by atoms with van der Waals surface area (Å²) in [5, 5.41) is 9.19. The van der Waals surface area contributed by atoms with Gasteiger partial charge in [0, 0.05) is 5.69 Å². The molecule has 0 atom stereocenters. The maximum absolute atomic E-state index is 12.2. The molecular formula is C15H17NO3S. The fourth-order valence-electron chi connectivity index (χ4n) is 1.80. The summed E-state index contributed by atoms with van der Waals surface area (Å²) in [6.07, 6.45) is 0. The molecule has 0 aromatic heterocycles. The van der Waals surface area contributed by atoms with Gasteiger partial charge in [-0.05, 0) is 47.9 Å². The zero-order valence-electron chi connectivity index (χ0n) is 11.4. The minimum atomic E-state index is -3.63. The molecule has 0 spiro atoms. The summed E-state index contributed by atoms with van der Waals surface area (Å²) in [5.74, 6) is 0.360. The zero-order chi connectivity index (χ0) is 14.8. The Labute approximate surface area is 119 Å². The van der Waals surface area contributed by atoms with Crippen molar-refractivity contribution < 1.29 is 13.5 Å². The molecule has 0 aliphatic heterocycles. The van der Waals surface area contributed by atoms with E-state index in [1.54, 1.807) is 6.07 Å². The maximum Gasteiger partial charge on any atom is 0.261 e. The molecular weight excluding hydrogens is 274 g/mol. The van der Waals surface area contributed by atoms with E-state index >= 15 is 0 Å². The molecule has 0 heterocycles. The molecule has 0 unspecified atom stereocenters. The first-order chi connectivity index (χ1) is 9.38. The minimum absolute atomic E-state index is 0.0331. The van der Waals surface area contributed by atoms with Gasteiger partial charge in [-0.25, -0.2) is 8.42 Å². The molecule has 2 aromatic carbocycles. The third kappa shape index (κ3) is 3.30. The number of hydrogen-bond acceptors (Lipinski definition) is 3. The van der Waals surface area contributed by atoms with E-state index in [0.29, 0.717) is 11.6 Å². The summed E-state index contributed by atoms with van der Waals surface area (Å²) in [5.41, 5.74) is 1.60. The van der Waals surface area contributed by atoms with Crippen LogP contribution in [-0.2, 0) is 10.0 Å². The van der Waals surface area contributed by atoms with E-state index in [1.165, 1.54) is 24.3 Å². The van der Waals surface area contributed by atoms with Gasteiger partial charge < -0.3 is 5.11 Å². The fourth-order valence-corrected chi connectivity index (χ4v) is 2.85. The van der Waals surface area contributed by atoms with Gasteiger partial charge in [-0.2, -0.15) is 0 Å². The molecule has 20 heavy (non-hydrogen) atoms. The molecule has 5 heteroatoms. The van der Waals surface area contributed by atoms with Crippen molar-refractivity contribution in [2.75, 3.05) is 4.72 Å². The second kappa shape index (κ2) is 5.54. The van der Waals surface area contributed by atoms with Crippen molar-refractivity contribution in [1.82, 2.24) is 0 Å². The number of sulfonamides is 1. The number of aromatic hydroxyl groups is 1. The van der Waals surface area contributed by atoms with Crippen molar-refractivity contribution in [2.45, 2.75) is 24.7 Å². The SMILES string of the molecule is CC(C)c1cccc(NS(=O)(=O)c2ccc(O)cc2)c1. The van der Waals surface area contributed by atoms with Gasteiger partial charge in [0.15, 0.2) is 0 Å². The van der Waals surface area contributed by atoms with Crippen molar-refractivity contribution in [2.24, 2.45) is 0 Å². The molecule has 0 saturated heterocycles. The summed E-state index contributed by atoms with van der Waals surface area (Å²) in [6.45, 7) is 4.10. The van der Waals surface area contributed by atoms with Crippen LogP contribution in [0.3, 0.4) is 0 Å². The second-order valence-corrected chi connectivity index (χ2v) is 6.56. The lowest BCUT2D eigenvalue weighted by Gasteiger charge is -2.11. The van der Waals surface area contributed by atoms with Crippen LogP contribution in [0.25, 0.3) is 0 Å². The first kappa shape index (κ1) is 14.4. The summed E-state index contributed by atoms with van der Waals surface area (Å²) in [7, 11) is -3.63. The standard InChI is InChI=1S/C15H17NO3S/c1-11(2)12-4-3-5-13(10-12)16-20(18,19)15-8-6-14(17)7-9-15/h3-11,16-17H,1-2H3. The lowest BCUT2D eigenvalue weighted by Crippen LogP contribution is -2.12. The first-order valence-corrected chi connectivity index (χ1v) is 7.78. The average molecular weight is 291 g/mol. The predicted octanol–water partition coefficient (Wildman–Crippen LogP) is 3.32. The zero-order valence-corrected chi connectivity index (χ0v) is 12.2. The Morgan fingerprint density at radius 2 is 1.70 bits per heavy atom. The third-order valence-corrected chi connectivity index (χ3v) is 4.35. The Bertz CT molecular complexity index is 691. The summed E-state index contributed by atoms with van der Waals surface area (Å²) in [6, 6.07) is 12.7. The summed E-state index contributed by atoms with van der Waals surface area (Å²) in [4.78, 5) is 0.116. The van der Waals surface area contributed by atoms with E-state index in [4.69, 9.17) is 0 Å². The molecule has 0 aliphatic rings. The van der Waals surface area contributed by atoms with Gasteiger partial charge in [0.2, 0.25) is 0 Å². The van der Waals surface area contributed by atoms with Crippen LogP contribution in [0.2, 0.25) is 0 Å². The maximum atomic E-state index is 12.2. The highest BCUT2D eigenvalue weighted by atomic mass is 32.2. The van der Waals surface area contributed by atoms with Crippen molar-refractivity contribution in [3.63, 3.8) is 0 Å². The van der Waals surface area contributed by atoms with Crippen LogP contribution in [0.5, 0.6) is 5.75 Å². The highest BCUT2D eigenvalue weighted by Gasteiger charge is 2.14. The highest BCUT2D eigenvalue weighted by molar-refractivity contribution is 7.92. The van der Waals surface area contributed by atoms with Gasteiger partial charge in [0.1, 0.15) is 5.75 Å². The quantitative estimate of drug-likeness (QED) is 0.908. The molecule has 0 radical (unpaired) electrons. The van der Waals surface area contributed by atoms with Gasteiger partial charge in [0.25, 0.3) is 10.0 Å². The topological polar surface area (TPSA) is 66.4 Å². The molecule has 4 nitrogen and oxygen atoms in total. The highest BCUT2D eigenvalue weighted by Crippen LogP contribution is 2.22. The van der Waals surface area contributed by atoms with E-state index in [1.807, 2.05) is 32.0 Å². The van der Waals surface area contributed by atoms with Crippen molar-refractivity contribution >= 4 is 15.7 Å². The number of rotatable bonds is 4. The summed E-state index contributed by atoms with van der Waals surface area (Å²) >= 11 is 0. The molecule has 0 saturated carbocycles. The lowest BCUT2D eigenvalue weighted by atomic mass is 10.0. The van der Waals surface area contributed by atoms with E-state index < -0.39 is 10.0 Å². The Balaban J connectivity index is 2.28. The first-order valence-electron chi connectivity index (χ1n) is 6.30. The molecule has 0 aliphatic carbocycles. The number of anilines is 1. The monoisotopic (exact) mass is 291 g/mol. The number of nitrogens with one attached hydrogen (secondary N) is 1. The second-order valence-electron chi connectivity index (χ2n) is 4.88. The fraction of sp³-hybridized carbons (Fsp3) is 0.200. The van der Waals surface area contributed by atoms with Crippen LogP contribution in [-0.4, -0.2) is 13.5 Å².